The third kappa shape index (κ3) is 3.21. The lowest BCUT2D eigenvalue weighted by atomic mass is 9.77. The van der Waals surface area contributed by atoms with Gasteiger partial charge in [-0.3, -0.25) is 9.69 Å². The number of pyridine rings is 1. The summed E-state index contributed by atoms with van der Waals surface area (Å²) in [7, 11) is 1.33. The van der Waals surface area contributed by atoms with Crippen LogP contribution in [0.15, 0.2) is 16.7 Å². The first-order valence-electron chi connectivity index (χ1n) is 7.37. The predicted octanol–water partition coefficient (Wildman–Crippen LogP) is 1.04. The molecule has 1 aromatic heterocycles. The highest BCUT2D eigenvalue weighted by Gasteiger charge is 2.52. The fourth-order valence-corrected chi connectivity index (χ4v) is 3.35. The molecular weight excluding hydrogens is 384 g/mol. The fourth-order valence-electron chi connectivity index (χ4n) is 3.02. The van der Waals surface area contributed by atoms with E-state index in [9.17, 15) is 14.9 Å². The third-order valence-corrected chi connectivity index (χ3v) is 4.73. The van der Waals surface area contributed by atoms with Crippen LogP contribution in [0.1, 0.15) is 0 Å². The van der Waals surface area contributed by atoms with Gasteiger partial charge in [0.1, 0.15) is 11.7 Å². The second-order valence-corrected chi connectivity index (χ2v) is 7.02. The molecule has 3 rings (SSSR count). The van der Waals surface area contributed by atoms with E-state index in [0.29, 0.717) is 17.7 Å². The maximum atomic E-state index is 12.1. The molecular formula is C14H17BrN4O5. The van der Waals surface area contributed by atoms with Gasteiger partial charge in [-0.25, -0.2) is 0 Å². The van der Waals surface area contributed by atoms with Gasteiger partial charge < -0.3 is 24.9 Å². The van der Waals surface area contributed by atoms with Crippen molar-refractivity contribution in [3.8, 4) is 0 Å². The molecule has 3 heterocycles. The Labute approximate surface area is 146 Å². The van der Waals surface area contributed by atoms with Gasteiger partial charge in [-0.15, -0.1) is 0 Å². The number of likely N-dealkylation sites (tertiary alicyclic amines) is 1. The van der Waals surface area contributed by atoms with Gasteiger partial charge in [0.05, 0.1) is 24.8 Å². The first kappa shape index (κ1) is 17.1. The molecule has 1 atom stereocenters. The van der Waals surface area contributed by atoms with E-state index < -0.39 is 11.0 Å². The summed E-state index contributed by atoms with van der Waals surface area (Å²) < 4.78 is 10.7. The van der Waals surface area contributed by atoms with Crippen LogP contribution in [0.5, 0.6) is 0 Å². The van der Waals surface area contributed by atoms with Crippen molar-refractivity contribution in [1.82, 2.24) is 9.88 Å². The van der Waals surface area contributed by atoms with Crippen LogP contribution in [-0.4, -0.2) is 66.8 Å². The number of nitrogens with zero attached hydrogens (tertiary/aromatic N) is 3. The summed E-state index contributed by atoms with van der Waals surface area (Å²) in [4.78, 5) is 28.4. The predicted molar refractivity (Wildman–Crippen MR) is 87.7 cm³/mol. The van der Waals surface area contributed by atoms with Crippen molar-refractivity contribution in [3.05, 3.63) is 26.9 Å². The second-order valence-electron chi connectivity index (χ2n) is 6.10. The lowest BCUT2D eigenvalue weighted by Crippen LogP contribution is -2.70. The maximum absolute atomic E-state index is 12.1. The van der Waals surface area contributed by atoms with Gasteiger partial charge in [0, 0.05) is 25.0 Å². The smallest absolute Gasteiger partial charge is 0.386 e. The van der Waals surface area contributed by atoms with Crippen LogP contribution in [0.4, 0.5) is 11.5 Å². The molecule has 1 spiro atoms. The molecule has 0 bridgehead atoms. The molecule has 0 saturated carbocycles. The van der Waals surface area contributed by atoms with Crippen LogP contribution in [0.2, 0.25) is 0 Å². The van der Waals surface area contributed by atoms with Gasteiger partial charge in [0.25, 0.3) is 0 Å². The minimum Gasteiger partial charge on any atom is -0.468 e. The van der Waals surface area contributed by atoms with Crippen LogP contribution in [-0.2, 0) is 14.3 Å². The zero-order chi connectivity index (χ0) is 17.3. The number of ether oxygens (including phenoxy) is 2. The molecule has 0 amide bonds. The number of hydrogen-bond acceptors (Lipinski definition) is 8. The highest BCUT2D eigenvalue weighted by molar-refractivity contribution is 9.10. The summed E-state index contributed by atoms with van der Waals surface area (Å²) in [5, 5.41) is 14.0. The summed E-state index contributed by atoms with van der Waals surface area (Å²) >= 11 is 3.24. The van der Waals surface area contributed by atoms with Crippen molar-refractivity contribution in [2.45, 2.75) is 6.04 Å². The van der Waals surface area contributed by atoms with Gasteiger partial charge in [0.15, 0.2) is 6.20 Å². The van der Waals surface area contributed by atoms with Gasteiger partial charge in [-0.05, 0) is 31.9 Å². The number of rotatable bonds is 6. The number of carbonyl (C=O) groups excluding carboxylic acids is 1. The minimum absolute atomic E-state index is 0.162. The first-order chi connectivity index (χ1) is 11.4. The van der Waals surface area contributed by atoms with E-state index in [1.807, 2.05) is 4.90 Å². The molecule has 1 N–H and O–H groups in total. The van der Waals surface area contributed by atoms with Crippen molar-refractivity contribution in [2.24, 2.45) is 5.41 Å². The number of hydrogen-bond donors (Lipinski definition) is 1. The lowest BCUT2D eigenvalue weighted by Gasteiger charge is -2.56. The van der Waals surface area contributed by atoms with E-state index in [-0.39, 0.29) is 29.4 Å². The Balaban J connectivity index is 1.69. The molecule has 1 aromatic rings. The van der Waals surface area contributed by atoms with Crippen LogP contribution >= 0.6 is 15.9 Å². The highest BCUT2D eigenvalue weighted by atomic mass is 79.9. The summed E-state index contributed by atoms with van der Waals surface area (Å²) in [5.74, 6) is -0.655. The molecule has 10 heteroatoms. The molecule has 0 aliphatic carbocycles. The van der Waals surface area contributed by atoms with Crippen molar-refractivity contribution < 1.29 is 19.2 Å². The Morgan fingerprint density at radius 2 is 2.33 bits per heavy atom. The number of aromatic nitrogens is 1. The van der Waals surface area contributed by atoms with E-state index in [4.69, 9.17) is 9.47 Å². The quantitative estimate of drug-likeness (QED) is 0.428. The highest BCUT2D eigenvalue weighted by Crippen LogP contribution is 2.38. The summed E-state index contributed by atoms with van der Waals surface area (Å²) in [6, 6.07) is 1.05. The minimum atomic E-state index is -0.563. The molecule has 9 nitrogen and oxygen atoms in total. The second kappa shape index (κ2) is 6.61. The molecule has 24 heavy (non-hydrogen) atoms. The zero-order valence-electron chi connectivity index (χ0n) is 13.0. The van der Waals surface area contributed by atoms with Crippen molar-refractivity contribution in [2.75, 3.05) is 45.3 Å². The van der Waals surface area contributed by atoms with Gasteiger partial charge in [-0.1, -0.05) is 0 Å². The van der Waals surface area contributed by atoms with E-state index in [0.717, 1.165) is 13.1 Å². The van der Waals surface area contributed by atoms with Crippen LogP contribution in [0.3, 0.4) is 0 Å². The van der Waals surface area contributed by atoms with Gasteiger partial charge in [-0.2, -0.15) is 0 Å². The number of esters is 1. The summed E-state index contributed by atoms with van der Waals surface area (Å²) in [6.07, 6.45) is 1.36. The van der Waals surface area contributed by atoms with E-state index in [2.05, 4.69) is 26.2 Å². The van der Waals surface area contributed by atoms with E-state index >= 15 is 0 Å². The van der Waals surface area contributed by atoms with Crippen molar-refractivity contribution in [1.29, 1.82) is 0 Å². The molecule has 2 fully saturated rings. The lowest BCUT2D eigenvalue weighted by molar-refractivity contribution is -0.388. The number of carbonyl (C=O) groups is 1. The Bertz CT molecular complexity index is 659. The number of nitrogens with one attached hydrogen (secondary N) is 1. The SMILES string of the molecule is COC(=O)C(CNc1cc(Br)cnc1[N+](=O)[O-])N1CC2(COC2)C1. The molecule has 2 saturated heterocycles. The number of methoxy groups -OCH3 is 1. The molecule has 130 valence electrons. The monoisotopic (exact) mass is 400 g/mol. The Kier molecular flexibility index (Phi) is 4.70. The van der Waals surface area contributed by atoms with Gasteiger partial charge in [0.2, 0.25) is 0 Å². The average molecular weight is 401 g/mol. The van der Waals surface area contributed by atoms with Crippen molar-refractivity contribution >= 4 is 33.4 Å². The normalized spacial score (nSPS) is 19.9. The molecule has 1 unspecified atom stereocenters. The van der Waals surface area contributed by atoms with Crippen LogP contribution in [0.25, 0.3) is 0 Å². The number of anilines is 1. The molecule has 2 aliphatic heterocycles. The molecule has 2 aliphatic rings. The maximum Gasteiger partial charge on any atom is 0.386 e. The Morgan fingerprint density at radius 3 is 2.88 bits per heavy atom. The van der Waals surface area contributed by atoms with E-state index in [1.54, 1.807) is 6.07 Å². The third-order valence-electron chi connectivity index (χ3n) is 4.30. The zero-order valence-corrected chi connectivity index (χ0v) is 14.6. The Morgan fingerprint density at radius 1 is 1.62 bits per heavy atom. The Hall–Kier alpha value is -1.78. The molecule has 0 aromatic carbocycles. The van der Waals surface area contributed by atoms with Gasteiger partial charge >= 0.3 is 11.8 Å². The van der Waals surface area contributed by atoms with E-state index in [1.165, 1.54) is 13.3 Å². The number of halogens is 1. The largest absolute Gasteiger partial charge is 0.468 e. The topological polar surface area (TPSA) is 107 Å². The first-order valence-corrected chi connectivity index (χ1v) is 8.17. The van der Waals surface area contributed by atoms with Crippen molar-refractivity contribution in [3.63, 3.8) is 0 Å². The standard InChI is InChI=1S/C14H17BrN4O5/c1-23-13(20)11(18-5-14(6-18)7-24-8-14)4-16-10-2-9(15)3-17-12(10)19(21)22/h2-3,11,16H,4-8H2,1H3. The summed E-state index contributed by atoms with van der Waals surface area (Å²) in [6.45, 7) is 3.14. The summed E-state index contributed by atoms with van der Waals surface area (Å²) in [5.41, 5.74) is 0.417. The van der Waals surface area contributed by atoms with Crippen LogP contribution < -0.4 is 5.32 Å². The fraction of sp³-hybridized carbons (Fsp3) is 0.571. The van der Waals surface area contributed by atoms with Crippen LogP contribution in [0, 0.1) is 15.5 Å². The number of nitro groups is 1. The average Bonchev–Trinajstić information content (AvgIpc) is 2.46. The molecule has 0 radical (unpaired) electrons.